The predicted octanol–water partition coefficient (Wildman–Crippen LogP) is 4.98. The fraction of sp³-hybridized carbons (Fsp3) is 0.0909. The summed E-state index contributed by atoms with van der Waals surface area (Å²) in [7, 11) is 0. The molecule has 6 heteroatoms. The minimum absolute atomic E-state index is 0.217. The van der Waals surface area contributed by atoms with Gasteiger partial charge in [-0.1, -0.05) is 18.2 Å². The Kier molecular flexibility index (Phi) is 6.25. The molecule has 28 heavy (non-hydrogen) atoms. The fourth-order valence-corrected chi connectivity index (χ4v) is 2.52. The fourth-order valence-electron chi connectivity index (χ4n) is 2.52. The lowest BCUT2D eigenvalue weighted by Crippen LogP contribution is -2.19. The van der Waals surface area contributed by atoms with Crippen LogP contribution in [0.25, 0.3) is 0 Å². The Morgan fingerprint density at radius 1 is 0.714 bits per heavy atom. The molecule has 0 spiro atoms. The number of nitrogens with one attached hydrogen (secondary N) is 3. The maximum atomic E-state index is 12.3. The van der Waals surface area contributed by atoms with Crippen molar-refractivity contribution in [2.45, 2.75) is 6.92 Å². The molecule has 3 aromatic rings. The maximum absolute atomic E-state index is 12.3. The summed E-state index contributed by atoms with van der Waals surface area (Å²) in [6.07, 6.45) is 0. The average molecular weight is 375 g/mol. The van der Waals surface area contributed by atoms with Crippen LogP contribution in [0.4, 0.5) is 21.9 Å². The molecule has 3 amide bonds. The number of para-hydroxylation sites is 1. The van der Waals surface area contributed by atoms with Gasteiger partial charge in [0.1, 0.15) is 5.75 Å². The molecule has 0 heterocycles. The zero-order valence-corrected chi connectivity index (χ0v) is 15.4. The number of rotatable bonds is 6. The van der Waals surface area contributed by atoms with Crippen LogP contribution in [0.2, 0.25) is 0 Å². The van der Waals surface area contributed by atoms with Gasteiger partial charge >= 0.3 is 6.03 Å². The molecule has 0 saturated heterocycles. The summed E-state index contributed by atoms with van der Waals surface area (Å²) in [4.78, 5) is 24.3. The van der Waals surface area contributed by atoms with Crippen LogP contribution in [0.1, 0.15) is 17.3 Å². The number of carbonyl (C=O) groups excluding carboxylic acids is 2. The first kappa shape index (κ1) is 19.0. The van der Waals surface area contributed by atoms with E-state index < -0.39 is 0 Å². The van der Waals surface area contributed by atoms with Gasteiger partial charge in [-0.15, -0.1) is 0 Å². The first-order valence-electron chi connectivity index (χ1n) is 8.91. The molecule has 142 valence electrons. The third kappa shape index (κ3) is 5.35. The van der Waals surface area contributed by atoms with E-state index >= 15 is 0 Å². The van der Waals surface area contributed by atoms with Crippen molar-refractivity contribution in [2.75, 3.05) is 22.6 Å². The van der Waals surface area contributed by atoms with Crippen LogP contribution in [0, 0.1) is 0 Å². The Hall–Kier alpha value is -3.80. The minimum Gasteiger partial charge on any atom is -0.494 e. The molecule has 0 aliphatic rings. The molecule has 0 bridgehead atoms. The van der Waals surface area contributed by atoms with E-state index in [1.807, 2.05) is 25.1 Å². The Labute approximate surface area is 163 Å². The van der Waals surface area contributed by atoms with Gasteiger partial charge in [0.2, 0.25) is 0 Å². The molecular weight excluding hydrogens is 354 g/mol. The van der Waals surface area contributed by atoms with Crippen LogP contribution in [0.15, 0.2) is 78.9 Å². The number of hydrogen-bond acceptors (Lipinski definition) is 3. The van der Waals surface area contributed by atoms with Crippen LogP contribution in [0.3, 0.4) is 0 Å². The molecule has 0 radical (unpaired) electrons. The summed E-state index contributed by atoms with van der Waals surface area (Å²) in [6, 6.07) is 22.7. The highest BCUT2D eigenvalue weighted by Crippen LogP contribution is 2.17. The van der Waals surface area contributed by atoms with Gasteiger partial charge in [0.05, 0.1) is 6.61 Å². The van der Waals surface area contributed by atoms with Crippen molar-refractivity contribution >= 4 is 29.0 Å². The van der Waals surface area contributed by atoms with Gasteiger partial charge in [0.15, 0.2) is 0 Å². The standard InChI is InChI=1S/C22H21N3O3/c1-2-28-20-14-8-16(9-15-20)21(26)23-18-10-12-19(13-11-18)25-22(27)24-17-6-4-3-5-7-17/h3-15H,2H2,1H3,(H,23,26)(H2,24,25,27). The number of amides is 3. The largest absolute Gasteiger partial charge is 0.494 e. The quantitative estimate of drug-likeness (QED) is 0.568. The second kappa shape index (κ2) is 9.23. The Balaban J connectivity index is 1.55. The van der Waals surface area contributed by atoms with Crippen LogP contribution in [-0.4, -0.2) is 18.5 Å². The second-order valence-corrected chi connectivity index (χ2v) is 5.93. The van der Waals surface area contributed by atoms with Gasteiger partial charge < -0.3 is 20.7 Å². The van der Waals surface area contributed by atoms with E-state index in [0.717, 1.165) is 5.75 Å². The molecule has 3 aromatic carbocycles. The summed E-state index contributed by atoms with van der Waals surface area (Å²) >= 11 is 0. The molecule has 6 nitrogen and oxygen atoms in total. The van der Waals surface area contributed by atoms with Crippen LogP contribution >= 0.6 is 0 Å². The van der Waals surface area contributed by atoms with Gasteiger partial charge in [0.25, 0.3) is 5.91 Å². The summed E-state index contributed by atoms with van der Waals surface area (Å²) in [5.74, 6) is 0.508. The minimum atomic E-state index is -0.336. The highest BCUT2D eigenvalue weighted by atomic mass is 16.5. The lowest BCUT2D eigenvalue weighted by Gasteiger charge is -2.09. The summed E-state index contributed by atoms with van der Waals surface area (Å²) in [6.45, 7) is 2.49. The summed E-state index contributed by atoms with van der Waals surface area (Å²) in [5, 5.41) is 8.31. The molecule has 0 saturated carbocycles. The van der Waals surface area contributed by atoms with Gasteiger partial charge in [-0.3, -0.25) is 4.79 Å². The van der Waals surface area contributed by atoms with Gasteiger partial charge in [-0.25, -0.2) is 4.79 Å². The summed E-state index contributed by atoms with van der Waals surface area (Å²) < 4.78 is 5.37. The lowest BCUT2D eigenvalue weighted by atomic mass is 10.2. The smallest absolute Gasteiger partial charge is 0.323 e. The van der Waals surface area contributed by atoms with Gasteiger partial charge in [-0.2, -0.15) is 0 Å². The SMILES string of the molecule is CCOc1ccc(C(=O)Nc2ccc(NC(=O)Nc3ccccc3)cc2)cc1. The number of anilines is 3. The Bertz CT molecular complexity index is 924. The number of hydrogen-bond donors (Lipinski definition) is 3. The molecule has 3 rings (SSSR count). The van der Waals surface area contributed by atoms with E-state index in [0.29, 0.717) is 29.2 Å². The number of ether oxygens (including phenoxy) is 1. The third-order valence-electron chi connectivity index (χ3n) is 3.86. The van der Waals surface area contributed by atoms with Crippen molar-refractivity contribution in [2.24, 2.45) is 0 Å². The third-order valence-corrected chi connectivity index (χ3v) is 3.86. The van der Waals surface area contributed by atoms with E-state index in [1.165, 1.54) is 0 Å². The normalized spacial score (nSPS) is 10.0. The first-order chi connectivity index (χ1) is 13.6. The zero-order chi connectivity index (χ0) is 19.8. The molecule has 0 aromatic heterocycles. The molecule has 0 aliphatic carbocycles. The topological polar surface area (TPSA) is 79.5 Å². The van der Waals surface area contributed by atoms with Crippen molar-refractivity contribution < 1.29 is 14.3 Å². The molecule has 0 atom stereocenters. The lowest BCUT2D eigenvalue weighted by molar-refractivity contribution is 0.102. The predicted molar refractivity (Wildman–Crippen MR) is 111 cm³/mol. The van der Waals surface area contributed by atoms with Crippen molar-refractivity contribution in [1.82, 2.24) is 0 Å². The Morgan fingerprint density at radius 3 is 1.82 bits per heavy atom. The number of benzene rings is 3. The molecule has 0 fully saturated rings. The van der Waals surface area contributed by atoms with E-state index in [9.17, 15) is 9.59 Å². The maximum Gasteiger partial charge on any atom is 0.323 e. The number of urea groups is 1. The van der Waals surface area contributed by atoms with E-state index in [1.54, 1.807) is 60.7 Å². The molecule has 0 unspecified atom stereocenters. The summed E-state index contributed by atoms with van der Waals surface area (Å²) in [5.41, 5.74) is 2.49. The molecule has 0 aliphatic heterocycles. The van der Waals surface area contributed by atoms with Crippen molar-refractivity contribution in [3.63, 3.8) is 0 Å². The van der Waals surface area contributed by atoms with Gasteiger partial charge in [-0.05, 0) is 67.6 Å². The highest BCUT2D eigenvalue weighted by Gasteiger charge is 2.07. The van der Waals surface area contributed by atoms with Crippen molar-refractivity contribution in [1.29, 1.82) is 0 Å². The molecular formula is C22H21N3O3. The van der Waals surface area contributed by atoms with Crippen LogP contribution in [-0.2, 0) is 0 Å². The van der Waals surface area contributed by atoms with Crippen molar-refractivity contribution in [3.8, 4) is 5.75 Å². The molecule has 3 N–H and O–H groups in total. The van der Waals surface area contributed by atoms with Crippen molar-refractivity contribution in [3.05, 3.63) is 84.4 Å². The second-order valence-electron chi connectivity index (χ2n) is 5.93. The van der Waals surface area contributed by atoms with Gasteiger partial charge in [0, 0.05) is 22.6 Å². The van der Waals surface area contributed by atoms with Crippen LogP contribution < -0.4 is 20.7 Å². The van der Waals surface area contributed by atoms with Crippen LogP contribution in [0.5, 0.6) is 5.75 Å². The van der Waals surface area contributed by atoms with E-state index in [4.69, 9.17) is 4.74 Å². The average Bonchev–Trinajstić information content (AvgIpc) is 2.71. The van der Waals surface area contributed by atoms with E-state index in [-0.39, 0.29) is 11.9 Å². The number of carbonyl (C=O) groups is 2. The monoisotopic (exact) mass is 375 g/mol. The first-order valence-corrected chi connectivity index (χ1v) is 8.91. The van der Waals surface area contributed by atoms with E-state index in [2.05, 4.69) is 16.0 Å². The Morgan fingerprint density at radius 2 is 1.25 bits per heavy atom. The zero-order valence-electron chi connectivity index (χ0n) is 15.4. The highest BCUT2D eigenvalue weighted by molar-refractivity contribution is 6.04.